The molecule has 0 amide bonds. The first-order valence-corrected chi connectivity index (χ1v) is 7.77. The number of hydrogen-bond donors (Lipinski definition) is 1. The van der Waals surface area contributed by atoms with E-state index in [0.717, 1.165) is 26.1 Å². The summed E-state index contributed by atoms with van der Waals surface area (Å²) in [6, 6.07) is 0.442. The van der Waals surface area contributed by atoms with Gasteiger partial charge in [-0.3, -0.25) is 0 Å². The Labute approximate surface area is 99.3 Å². The third-order valence-corrected chi connectivity index (χ3v) is 5.42. The molecule has 0 spiro atoms. The Morgan fingerprint density at radius 2 is 2.06 bits per heavy atom. The third kappa shape index (κ3) is 3.71. The molecule has 96 valence electrons. The van der Waals surface area contributed by atoms with Gasteiger partial charge in [0.2, 0.25) is 0 Å². The second kappa shape index (κ2) is 5.02. The van der Waals surface area contributed by atoms with Gasteiger partial charge in [0.1, 0.15) is 0 Å². The van der Waals surface area contributed by atoms with Crippen LogP contribution in [0.2, 0.25) is 0 Å². The Hall–Kier alpha value is -0.130. The van der Waals surface area contributed by atoms with E-state index in [4.69, 9.17) is 0 Å². The second-order valence-electron chi connectivity index (χ2n) is 5.48. The van der Waals surface area contributed by atoms with Crippen molar-refractivity contribution < 1.29 is 8.42 Å². The van der Waals surface area contributed by atoms with Crippen LogP contribution in [0.15, 0.2) is 0 Å². The van der Waals surface area contributed by atoms with Crippen LogP contribution >= 0.6 is 0 Å². The highest BCUT2D eigenvalue weighted by Crippen LogP contribution is 2.17. The molecule has 0 aliphatic carbocycles. The molecule has 1 saturated heterocycles. The molecule has 1 fully saturated rings. The van der Waals surface area contributed by atoms with Crippen LogP contribution in [0.4, 0.5) is 0 Å². The summed E-state index contributed by atoms with van der Waals surface area (Å²) in [7, 11) is -2.99. The van der Waals surface area contributed by atoms with Crippen molar-refractivity contribution in [3.8, 4) is 0 Å². The highest BCUT2D eigenvalue weighted by molar-refractivity contribution is 7.92. The van der Waals surface area contributed by atoms with Crippen LogP contribution in [0, 0.1) is 0 Å². The van der Waals surface area contributed by atoms with E-state index in [9.17, 15) is 8.42 Å². The van der Waals surface area contributed by atoms with Crippen LogP contribution in [0.5, 0.6) is 0 Å². The zero-order valence-electron chi connectivity index (χ0n) is 10.8. The van der Waals surface area contributed by atoms with Crippen molar-refractivity contribution in [1.29, 1.82) is 0 Å². The maximum atomic E-state index is 11.7. The van der Waals surface area contributed by atoms with E-state index in [-0.39, 0.29) is 0 Å². The monoisotopic (exact) mass is 248 g/mol. The van der Waals surface area contributed by atoms with E-state index in [1.807, 2.05) is 13.8 Å². The van der Waals surface area contributed by atoms with Gasteiger partial charge in [0.25, 0.3) is 0 Å². The molecule has 0 aromatic rings. The minimum Gasteiger partial charge on any atom is -0.313 e. The number of nitrogens with zero attached hydrogens (tertiary/aromatic N) is 1. The fourth-order valence-electron chi connectivity index (χ4n) is 1.99. The van der Waals surface area contributed by atoms with Crippen molar-refractivity contribution in [2.45, 2.75) is 38.0 Å². The molecule has 1 atom stereocenters. The smallest absolute Gasteiger partial charge is 0.153 e. The molecule has 1 N–H and O–H groups in total. The average molecular weight is 248 g/mol. The van der Waals surface area contributed by atoms with Crippen molar-refractivity contribution in [3.63, 3.8) is 0 Å². The maximum absolute atomic E-state index is 11.7. The van der Waals surface area contributed by atoms with Gasteiger partial charge in [-0.15, -0.1) is 0 Å². The summed E-state index contributed by atoms with van der Waals surface area (Å²) in [6.07, 6.45) is 2.41. The molecular formula is C11H24N2O2S. The lowest BCUT2D eigenvalue weighted by molar-refractivity contribution is 0.251. The van der Waals surface area contributed by atoms with E-state index in [0.29, 0.717) is 12.6 Å². The summed E-state index contributed by atoms with van der Waals surface area (Å²) in [6.45, 7) is 9.33. The molecule has 1 unspecified atom stereocenters. The maximum Gasteiger partial charge on any atom is 0.153 e. The fourth-order valence-corrected chi connectivity index (χ4v) is 2.41. The lowest BCUT2D eigenvalue weighted by Crippen LogP contribution is -2.46. The Kier molecular flexibility index (Phi) is 4.37. The van der Waals surface area contributed by atoms with Crippen LogP contribution in [0.1, 0.15) is 27.2 Å². The summed E-state index contributed by atoms with van der Waals surface area (Å²) >= 11 is 0. The molecule has 1 aliphatic heterocycles. The lowest BCUT2D eigenvalue weighted by atomic mass is 10.2. The van der Waals surface area contributed by atoms with Gasteiger partial charge in [-0.25, -0.2) is 8.42 Å². The largest absolute Gasteiger partial charge is 0.313 e. The van der Waals surface area contributed by atoms with E-state index in [1.165, 1.54) is 6.26 Å². The third-order valence-electron chi connectivity index (χ3n) is 3.28. The van der Waals surface area contributed by atoms with Gasteiger partial charge in [0.15, 0.2) is 9.84 Å². The lowest BCUT2D eigenvalue weighted by Gasteiger charge is -2.31. The Balaban J connectivity index is 2.65. The van der Waals surface area contributed by atoms with Gasteiger partial charge >= 0.3 is 0 Å². The Morgan fingerprint density at radius 3 is 2.62 bits per heavy atom. The predicted molar refractivity (Wildman–Crippen MR) is 67.4 cm³/mol. The van der Waals surface area contributed by atoms with Crippen molar-refractivity contribution in [1.82, 2.24) is 10.2 Å². The van der Waals surface area contributed by atoms with Crippen LogP contribution in [-0.2, 0) is 9.84 Å². The highest BCUT2D eigenvalue weighted by Gasteiger charge is 2.32. The normalized spacial score (nSPS) is 25.4. The number of rotatable bonds is 3. The molecule has 0 radical (unpaired) electrons. The van der Waals surface area contributed by atoms with Crippen LogP contribution in [-0.4, -0.2) is 56.5 Å². The highest BCUT2D eigenvalue weighted by atomic mass is 32.2. The summed E-state index contributed by atoms with van der Waals surface area (Å²) in [5.41, 5.74) is 0. The quantitative estimate of drug-likeness (QED) is 0.790. The van der Waals surface area contributed by atoms with Gasteiger partial charge in [-0.1, -0.05) is 0 Å². The Morgan fingerprint density at radius 1 is 1.44 bits per heavy atom. The molecule has 0 aromatic carbocycles. The topological polar surface area (TPSA) is 49.4 Å². The van der Waals surface area contributed by atoms with Gasteiger partial charge in [-0.05, 0) is 40.3 Å². The first-order valence-electron chi connectivity index (χ1n) is 5.88. The summed E-state index contributed by atoms with van der Waals surface area (Å²) in [5.74, 6) is 0. The summed E-state index contributed by atoms with van der Waals surface area (Å²) in [5, 5.41) is 3.41. The molecule has 0 saturated carbocycles. The molecule has 4 nitrogen and oxygen atoms in total. The molecule has 16 heavy (non-hydrogen) atoms. The standard InChI is InChI=1S/C11H24N2O2S/c1-10-8-13(7-5-6-12-10)9-11(2,3)16(4,14)15/h10,12H,5-9H2,1-4H3. The summed E-state index contributed by atoms with van der Waals surface area (Å²) < 4.78 is 22.6. The molecule has 1 rings (SSSR count). The Bertz CT molecular complexity index is 325. The minimum atomic E-state index is -2.99. The zero-order chi connectivity index (χ0) is 12.4. The van der Waals surface area contributed by atoms with E-state index < -0.39 is 14.6 Å². The molecule has 0 bridgehead atoms. The van der Waals surface area contributed by atoms with E-state index in [2.05, 4.69) is 17.1 Å². The van der Waals surface area contributed by atoms with Crippen molar-refractivity contribution in [3.05, 3.63) is 0 Å². The van der Waals surface area contributed by atoms with Crippen LogP contribution in [0.25, 0.3) is 0 Å². The minimum absolute atomic E-state index is 0.442. The fraction of sp³-hybridized carbons (Fsp3) is 1.00. The first-order chi connectivity index (χ1) is 7.22. The second-order valence-corrected chi connectivity index (χ2v) is 8.13. The SMILES string of the molecule is CC1CN(CC(C)(C)S(C)(=O)=O)CCCN1. The number of hydrogen-bond acceptors (Lipinski definition) is 4. The molecule has 5 heteroatoms. The molecular weight excluding hydrogens is 224 g/mol. The molecule has 1 heterocycles. The number of sulfone groups is 1. The molecule has 0 aromatic heterocycles. The zero-order valence-corrected chi connectivity index (χ0v) is 11.6. The van der Waals surface area contributed by atoms with Crippen molar-refractivity contribution in [2.75, 3.05) is 32.4 Å². The van der Waals surface area contributed by atoms with E-state index in [1.54, 1.807) is 0 Å². The number of nitrogens with one attached hydrogen (secondary N) is 1. The van der Waals surface area contributed by atoms with Crippen LogP contribution in [0.3, 0.4) is 0 Å². The van der Waals surface area contributed by atoms with Crippen LogP contribution < -0.4 is 5.32 Å². The predicted octanol–water partition coefficient (Wildman–Crippen LogP) is 0.493. The summed E-state index contributed by atoms with van der Waals surface area (Å²) in [4.78, 5) is 2.26. The first kappa shape index (κ1) is 13.9. The average Bonchev–Trinajstić information content (AvgIpc) is 2.27. The van der Waals surface area contributed by atoms with Gasteiger partial charge in [-0.2, -0.15) is 0 Å². The van der Waals surface area contributed by atoms with Gasteiger partial charge in [0, 0.05) is 25.4 Å². The van der Waals surface area contributed by atoms with Crippen molar-refractivity contribution >= 4 is 9.84 Å². The van der Waals surface area contributed by atoms with E-state index >= 15 is 0 Å². The van der Waals surface area contributed by atoms with Gasteiger partial charge in [0.05, 0.1) is 4.75 Å². The molecule has 1 aliphatic rings. The van der Waals surface area contributed by atoms with Gasteiger partial charge < -0.3 is 10.2 Å². The van der Waals surface area contributed by atoms with Crippen molar-refractivity contribution in [2.24, 2.45) is 0 Å².